The van der Waals surface area contributed by atoms with Crippen LogP contribution < -0.4 is 0 Å². The summed E-state index contributed by atoms with van der Waals surface area (Å²) in [6, 6.07) is 6.29. The molecule has 0 amide bonds. The molecule has 1 aliphatic rings. The third-order valence-corrected chi connectivity index (χ3v) is 3.70. The van der Waals surface area contributed by atoms with Gasteiger partial charge < -0.3 is 4.74 Å². The summed E-state index contributed by atoms with van der Waals surface area (Å²) in [5, 5.41) is 10.3. The Balaban J connectivity index is 1.68. The van der Waals surface area contributed by atoms with Gasteiger partial charge in [-0.2, -0.15) is 13.2 Å². The van der Waals surface area contributed by atoms with E-state index in [-0.39, 0.29) is 18.2 Å². The zero-order valence-electron chi connectivity index (χ0n) is 12.6. The lowest BCUT2D eigenvalue weighted by molar-refractivity contribution is -0.143. The average Bonchev–Trinajstić information content (AvgIpc) is 2.93. The minimum atomic E-state index is -4.40. The minimum Gasteiger partial charge on any atom is -0.371 e. The van der Waals surface area contributed by atoms with Gasteiger partial charge in [-0.25, -0.2) is 9.07 Å². The van der Waals surface area contributed by atoms with Crippen LogP contribution in [-0.2, 0) is 17.8 Å². The summed E-state index contributed by atoms with van der Waals surface area (Å²) in [7, 11) is 0. The fourth-order valence-electron chi connectivity index (χ4n) is 2.60. The Bertz CT molecular complexity index is 690. The molecular formula is C14H15F4N5O. The maximum absolute atomic E-state index is 13.9. The van der Waals surface area contributed by atoms with E-state index in [2.05, 4.69) is 15.5 Å². The summed E-state index contributed by atoms with van der Waals surface area (Å²) in [5.41, 5.74) is 0.428. The predicted octanol–water partition coefficient (Wildman–Crippen LogP) is 1.95. The summed E-state index contributed by atoms with van der Waals surface area (Å²) in [4.78, 5) is 1.85. The van der Waals surface area contributed by atoms with Crippen LogP contribution in [0.25, 0.3) is 0 Å². The van der Waals surface area contributed by atoms with Crippen LogP contribution in [0, 0.1) is 5.82 Å². The molecule has 0 N–H and O–H groups in total. The molecule has 1 saturated heterocycles. The quantitative estimate of drug-likeness (QED) is 0.793. The Labute approximate surface area is 135 Å². The number of tetrazole rings is 1. The first-order valence-electron chi connectivity index (χ1n) is 7.32. The third-order valence-electron chi connectivity index (χ3n) is 3.70. The molecule has 0 spiro atoms. The minimum absolute atomic E-state index is 0.113. The molecule has 1 aromatic heterocycles. The van der Waals surface area contributed by atoms with Crippen molar-refractivity contribution in [3.8, 4) is 0 Å². The number of hydrogen-bond acceptors (Lipinski definition) is 5. The number of nitrogens with zero attached hydrogens (tertiary/aromatic N) is 5. The molecule has 0 aliphatic carbocycles. The van der Waals surface area contributed by atoms with Gasteiger partial charge in [0, 0.05) is 18.7 Å². The first kappa shape index (κ1) is 16.8. The monoisotopic (exact) mass is 345 g/mol. The molecule has 2 aromatic rings. The van der Waals surface area contributed by atoms with Crippen LogP contribution in [0.4, 0.5) is 17.6 Å². The summed E-state index contributed by atoms with van der Waals surface area (Å²) in [6.45, 7) is 0.0945. The SMILES string of the molecule is Fc1ccccc1[C@@H]1CN(Cc2nnnn2CC(F)(F)F)CCO1. The van der Waals surface area contributed by atoms with Gasteiger partial charge in [-0.3, -0.25) is 4.90 Å². The Morgan fingerprint density at radius 1 is 1.25 bits per heavy atom. The van der Waals surface area contributed by atoms with Crippen molar-refractivity contribution in [2.75, 3.05) is 19.7 Å². The Morgan fingerprint density at radius 2 is 2.04 bits per heavy atom. The number of hydrogen-bond donors (Lipinski definition) is 0. The maximum atomic E-state index is 13.9. The molecule has 0 unspecified atom stereocenters. The molecule has 1 aliphatic heterocycles. The highest BCUT2D eigenvalue weighted by atomic mass is 19.4. The van der Waals surface area contributed by atoms with Gasteiger partial charge in [0.2, 0.25) is 0 Å². The summed E-state index contributed by atoms with van der Waals surface area (Å²) in [5.74, 6) is -0.257. The third kappa shape index (κ3) is 4.06. The van der Waals surface area contributed by atoms with Crippen molar-refractivity contribution < 1.29 is 22.3 Å². The fraction of sp³-hybridized carbons (Fsp3) is 0.500. The van der Waals surface area contributed by atoms with Crippen molar-refractivity contribution in [3.05, 3.63) is 41.5 Å². The fourth-order valence-corrected chi connectivity index (χ4v) is 2.60. The van der Waals surface area contributed by atoms with Crippen LogP contribution in [0.1, 0.15) is 17.5 Å². The van der Waals surface area contributed by atoms with Crippen molar-refractivity contribution in [3.63, 3.8) is 0 Å². The van der Waals surface area contributed by atoms with Gasteiger partial charge in [0.05, 0.1) is 19.3 Å². The van der Waals surface area contributed by atoms with Crippen LogP contribution in [0.3, 0.4) is 0 Å². The van der Waals surface area contributed by atoms with Crippen molar-refractivity contribution in [2.45, 2.75) is 25.4 Å². The van der Waals surface area contributed by atoms with Crippen molar-refractivity contribution in [1.29, 1.82) is 0 Å². The maximum Gasteiger partial charge on any atom is 0.408 e. The molecule has 2 heterocycles. The van der Waals surface area contributed by atoms with Gasteiger partial charge in [-0.1, -0.05) is 18.2 Å². The topological polar surface area (TPSA) is 56.1 Å². The zero-order valence-corrected chi connectivity index (χ0v) is 12.6. The average molecular weight is 345 g/mol. The van der Waals surface area contributed by atoms with Gasteiger partial charge in [-0.05, 0) is 16.5 Å². The molecule has 24 heavy (non-hydrogen) atoms. The van der Waals surface area contributed by atoms with Gasteiger partial charge in [-0.15, -0.1) is 5.10 Å². The van der Waals surface area contributed by atoms with E-state index >= 15 is 0 Å². The molecule has 6 nitrogen and oxygen atoms in total. The molecule has 0 saturated carbocycles. The molecule has 3 rings (SSSR count). The van der Waals surface area contributed by atoms with E-state index in [4.69, 9.17) is 4.74 Å². The van der Waals surface area contributed by atoms with Crippen molar-refractivity contribution in [2.24, 2.45) is 0 Å². The Kier molecular flexibility index (Phi) is 4.76. The van der Waals surface area contributed by atoms with Gasteiger partial charge >= 0.3 is 6.18 Å². The predicted molar refractivity (Wildman–Crippen MR) is 74.2 cm³/mol. The van der Waals surface area contributed by atoms with E-state index in [0.29, 0.717) is 25.3 Å². The lowest BCUT2D eigenvalue weighted by Gasteiger charge is -2.32. The molecule has 10 heteroatoms. The van der Waals surface area contributed by atoms with Crippen LogP contribution in [-0.4, -0.2) is 51.0 Å². The number of rotatable bonds is 4. The molecule has 1 fully saturated rings. The van der Waals surface area contributed by atoms with E-state index in [9.17, 15) is 17.6 Å². The zero-order chi connectivity index (χ0) is 17.2. The standard InChI is InChI=1S/C14H15F4N5O/c15-11-4-2-1-3-10(11)12-7-22(5-6-24-12)8-13-19-20-21-23(13)9-14(16,17)18/h1-4,12H,5-9H2/t12-/m0/s1. The van der Waals surface area contributed by atoms with E-state index in [1.165, 1.54) is 6.07 Å². The second-order valence-electron chi connectivity index (χ2n) is 5.48. The highest BCUT2D eigenvalue weighted by Gasteiger charge is 2.31. The summed E-state index contributed by atoms with van der Waals surface area (Å²) < 4.78 is 57.7. The largest absolute Gasteiger partial charge is 0.408 e. The number of morpholine rings is 1. The molecule has 1 aromatic carbocycles. The normalized spacial score (nSPS) is 19.6. The molecule has 0 bridgehead atoms. The smallest absolute Gasteiger partial charge is 0.371 e. The van der Waals surface area contributed by atoms with Crippen molar-refractivity contribution in [1.82, 2.24) is 25.1 Å². The lowest BCUT2D eigenvalue weighted by atomic mass is 10.1. The van der Waals surface area contributed by atoms with Crippen molar-refractivity contribution >= 4 is 0 Å². The van der Waals surface area contributed by atoms with Gasteiger partial charge in [0.1, 0.15) is 12.4 Å². The number of aromatic nitrogens is 4. The molecule has 130 valence electrons. The second-order valence-corrected chi connectivity index (χ2v) is 5.48. The van der Waals surface area contributed by atoms with E-state index < -0.39 is 18.8 Å². The molecule has 0 radical (unpaired) electrons. The van der Waals surface area contributed by atoms with Crippen LogP contribution in [0.2, 0.25) is 0 Å². The van der Waals surface area contributed by atoms with Crippen LogP contribution >= 0.6 is 0 Å². The molecule has 1 atom stereocenters. The number of halogens is 4. The van der Waals surface area contributed by atoms with Gasteiger partial charge in [0.25, 0.3) is 0 Å². The number of ether oxygens (including phenoxy) is 1. The molecular weight excluding hydrogens is 330 g/mol. The summed E-state index contributed by atoms with van der Waals surface area (Å²) in [6.07, 6.45) is -4.88. The van der Waals surface area contributed by atoms with E-state index in [1.54, 1.807) is 18.2 Å². The number of benzene rings is 1. The van der Waals surface area contributed by atoms with Crippen LogP contribution in [0.5, 0.6) is 0 Å². The Morgan fingerprint density at radius 3 is 2.79 bits per heavy atom. The van der Waals surface area contributed by atoms with E-state index in [1.807, 2.05) is 4.90 Å². The van der Waals surface area contributed by atoms with E-state index in [0.717, 1.165) is 4.68 Å². The number of alkyl halides is 3. The summed E-state index contributed by atoms with van der Waals surface area (Å²) >= 11 is 0. The second kappa shape index (κ2) is 6.81. The lowest BCUT2D eigenvalue weighted by Crippen LogP contribution is -2.39. The highest BCUT2D eigenvalue weighted by molar-refractivity contribution is 5.20. The first-order valence-corrected chi connectivity index (χ1v) is 7.32. The first-order chi connectivity index (χ1) is 11.4. The van der Waals surface area contributed by atoms with Gasteiger partial charge in [0.15, 0.2) is 5.82 Å². The van der Waals surface area contributed by atoms with Crippen LogP contribution in [0.15, 0.2) is 24.3 Å². The Hall–Kier alpha value is -2.07. The highest BCUT2D eigenvalue weighted by Crippen LogP contribution is 2.25.